The van der Waals surface area contributed by atoms with Gasteiger partial charge in [-0.25, -0.2) is 18.6 Å². The number of amides is 7. The number of urea groups is 3. The number of benzene rings is 3. The van der Waals surface area contributed by atoms with Crippen molar-refractivity contribution in [2.75, 3.05) is 73.4 Å². The Morgan fingerprint density at radius 2 is 1.25 bits per heavy atom. The number of carboxylic acid groups (broad SMARTS) is 1. The highest BCUT2D eigenvalue weighted by atomic mass is 32.2. The smallest absolute Gasteiger partial charge is 0.319 e. The van der Waals surface area contributed by atoms with Crippen molar-refractivity contribution in [1.29, 1.82) is 0 Å². The van der Waals surface area contributed by atoms with Crippen molar-refractivity contribution < 1.29 is 47.5 Å². The van der Waals surface area contributed by atoms with Crippen molar-refractivity contribution in [3.63, 3.8) is 0 Å². The lowest BCUT2D eigenvalue weighted by molar-refractivity contribution is -0.137. The fourth-order valence-corrected chi connectivity index (χ4v) is 5.50. The summed E-state index contributed by atoms with van der Waals surface area (Å²) in [4.78, 5) is 59.9. The van der Waals surface area contributed by atoms with Crippen molar-refractivity contribution in [2.24, 2.45) is 5.73 Å². The molecule has 0 aliphatic carbocycles. The third kappa shape index (κ3) is 18.2. The van der Waals surface area contributed by atoms with E-state index in [4.69, 9.17) is 19.9 Å². The van der Waals surface area contributed by atoms with Crippen molar-refractivity contribution in [2.45, 2.75) is 37.1 Å². The molecular weight excluding hydrogens is 737 g/mol. The van der Waals surface area contributed by atoms with Gasteiger partial charge in [0.25, 0.3) is 0 Å². The third-order valence-corrected chi connectivity index (χ3v) is 8.30. The van der Waals surface area contributed by atoms with E-state index in [1.165, 1.54) is 0 Å². The predicted molar refractivity (Wildman–Crippen MR) is 207 cm³/mol. The Hall–Kier alpha value is -5.76. The Balaban J connectivity index is 1.43. The minimum atomic E-state index is -1.74. The second-order valence-electron chi connectivity index (χ2n) is 11.7. The van der Waals surface area contributed by atoms with Crippen LogP contribution in [0.5, 0.6) is 0 Å². The number of carbonyl (C=O) groups excluding carboxylic acids is 4. The number of anilines is 4. The molecule has 0 aliphatic heterocycles. The SMILES string of the molecule is CCCNC(=O)Nc1cccc(S(=O)Nc2cccc(C(CC(=O)O)NC(=O)Nc3ccc(NC(=O)NCCOCCOCCOCCC(N)=O)cc3)c2)c1. The zero-order valence-corrected chi connectivity index (χ0v) is 31.2. The summed E-state index contributed by atoms with van der Waals surface area (Å²) in [5.41, 5.74) is 7.19. The first-order valence-corrected chi connectivity index (χ1v) is 18.6. The van der Waals surface area contributed by atoms with Gasteiger partial charge in [-0.15, -0.1) is 0 Å². The fourth-order valence-electron chi connectivity index (χ4n) is 4.60. The first-order valence-electron chi connectivity index (χ1n) is 17.4. The summed E-state index contributed by atoms with van der Waals surface area (Å²) in [6.45, 7) is 4.58. The average molecular weight is 785 g/mol. The van der Waals surface area contributed by atoms with Gasteiger partial charge in [0.1, 0.15) is 11.0 Å². The van der Waals surface area contributed by atoms with Crippen LogP contribution in [0.25, 0.3) is 0 Å². The maximum absolute atomic E-state index is 13.1. The molecule has 7 amide bonds. The number of nitrogens with one attached hydrogen (secondary N) is 7. The number of hydrogen-bond donors (Lipinski definition) is 9. The summed E-state index contributed by atoms with van der Waals surface area (Å²) in [5, 5.41) is 25.6. The average Bonchev–Trinajstić information content (AvgIpc) is 3.15. The van der Waals surface area contributed by atoms with Gasteiger partial charge in [-0.1, -0.05) is 25.1 Å². The Morgan fingerprint density at radius 3 is 1.89 bits per heavy atom. The van der Waals surface area contributed by atoms with Gasteiger partial charge in [0, 0.05) is 42.3 Å². The molecule has 55 heavy (non-hydrogen) atoms. The van der Waals surface area contributed by atoms with Crippen LogP contribution in [0.2, 0.25) is 0 Å². The van der Waals surface area contributed by atoms with Gasteiger partial charge in [0.2, 0.25) is 5.91 Å². The van der Waals surface area contributed by atoms with Gasteiger partial charge in [-0.3, -0.25) is 9.59 Å². The summed E-state index contributed by atoms with van der Waals surface area (Å²) in [5.74, 6) is -1.57. The fraction of sp³-hybridized carbons (Fsp3) is 0.361. The first-order chi connectivity index (χ1) is 26.5. The van der Waals surface area contributed by atoms with Crippen LogP contribution in [-0.2, 0) is 34.8 Å². The lowest BCUT2D eigenvalue weighted by atomic mass is 10.0. The van der Waals surface area contributed by atoms with Crippen LogP contribution in [0.1, 0.15) is 37.8 Å². The molecule has 10 N–H and O–H groups in total. The predicted octanol–water partition coefficient (Wildman–Crippen LogP) is 3.74. The number of rotatable bonds is 24. The molecule has 2 atom stereocenters. The lowest BCUT2D eigenvalue weighted by Crippen LogP contribution is -2.34. The van der Waals surface area contributed by atoms with Crippen molar-refractivity contribution in [3.05, 3.63) is 78.4 Å². The third-order valence-electron chi connectivity index (χ3n) is 7.19. The summed E-state index contributed by atoms with van der Waals surface area (Å²) in [6, 6.07) is 16.9. The van der Waals surface area contributed by atoms with Gasteiger partial charge < -0.3 is 61.7 Å². The summed E-state index contributed by atoms with van der Waals surface area (Å²) >= 11 is 0. The number of ether oxygens (including phenoxy) is 3. The van der Waals surface area contributed by atoms with E-state index >= 15 is 0 Å². The molecule has 0 aromatic heterocycles. The van der Waals surface area contributed by atoms with E-state index in [1.807, 2.05) is 6.92 Å². The number of primary amides is 1. The Labute approximate surface area is 321 Å². The molecule has 298 valence electrons. The number of hydrogen-bond acceptors (Lipinski definition) is 9. The number of aliphatic carboxylic acids is 1. The van der Waals surface area contributed by atoms with Gasteiger partial charge >= 0.3 is 24.1 Å². The van der Waals surface area contributed by atoms with E-state index in [1.54, 1.807) is 72.8 Å². The van der Waals surface area contributed by atoms with E-state index in [0.717, 1.165) is 6.42 Å². The van der Waals surface area contributed by atoms with Crippen LogP contribution in [-0.4, -0.2) is 92.0 Å². The second-order valence-corrected chi connectivity index (χ2v) is 12.9. The highest BCUT2D eigenvalue weighted by molar-refractivity contribution is 7.86. The molecule has 18 nitrogen and oxygen atoms in total. The van der Waals surface area contributed by atoms with Crippen LogP contribution in [0.15, 0.2) is 77.7 Å². The molecule has 3 aromatic carbocycles. The van der Waals surface area contributed by atoms with Gasteiger partial charge in [0.05, 0.1) is 57.0 Å². The van der Waals surface area contributed by atoms with Crippen molar-refractivity contribution >= 4 is 63.7 Å². The zero-order valence-electron chi connectivity index (χ0n) is 30.4. The molecule has 0 saturated carbocycles. The molecule has 0 spiro atoms. The van der Waals surface area contributed by atoms with Crippen LogP contribution < -0.4 is 42.4 Å². The Morgan fingerprint density at radius 1 is 0.691 bits per heavy atom. The molecule has 0 heterocycles. The molecule has 19 heteroatoms. The quantitative estimate of drug-likeness (QED) is 0.0595. The van der Waals surface area contributed by atoms with Crippen LogP contribution in [0.3, 0.4) is 0 Å². The zero-order chi connectivity index (χ0) is 39.8. The highest BCUT2D eigenvalue weighted by Crippen LogP contribution is 2.23. The van der Waals surface area contributed by atoms with Crippen LogP contribution in [0.4, 0.5) is 37.1 Å². The van der Waals surface area contributed by atoms with E-state index in [9.17, 15) is 33.3 Å². The molecule has 0 saturated heterocycles. The Bertz CT molecular complexity index is 1730. The lowest BCUT2D eigenvalue weighted by Gasteiger charge is -2.19. The molecule has 2 unspecified atom stereocenters. The standard InChI is InChI=1S/C36H48N8O10S/c1-2-14-38-34(48)42-28-6-4-8-30(23-28)55(51)44-29-7-3-5-25(22-29)31(24-33(46)47)43-36(50)41-27-11-9-26(10-12-27)40-35(49)39-15-17-53-19-21-54-20-18-52-16-13-32(37)45/h3-12,22-23,31,44H,2,13-21,24H2,1H3,(H2,37,45)(H,46,47)(H2,38,42,48)(H2,39,40,49)(H2,41,43,50). The Kier molecular flexibility index (Phi) is 19.5. The normalized spacial score (nSPS) is 11.7. The van der Waals surface area contributed by atoms with Gasteiger partial charge in [-0.2, -0.15) is 0 Å². The molecule has 3 rings (SSSR count). The maximum atomic E-state index is 13.1. The minimum Gasteiger partial charge on any atom is -0.481 e. The number of nitrogens with two attached hydrogens (primary N) is 1. The molecule has 3 aromatic rings. The minimum absolute atomic E-state index is 0.161. The van der Waals surface area contributed by atoms with E-state index in [2.05, 4.69) is 36.6 Å². The number of carboxylic acids is 1. The molecular formula is C36H48N8O10S. The largest absolute Gasteiger partial charge is 0.481 e. The molecule has 0 radical (unpaired) electrons. The molecule has 0 fully saturated rings. The summed E-state index contributed by atoms with van der Waals surface area (Å²) < 4.78 is 31.9. The second kappa shape index (κ2) is 24.5. The molecule has 0 bridgehead atoms. The monoisotopic (exact) mass is 784 g/mol. The van der Waals surface area contributed by atoms with Crippen LogP contribution in [0, 0.1) is 0 Å². The van der Waals surface area contributed by atoms with E-state index in [0.29, 0.717) is 66.2 Å². The molecule has 0 aliphatic rings. The van der Waals surface area contributed by atoms with E-state index in [-0.39, 0.29) is 32.2 Å². The first kappa shape index (κ1) is 43.6. The van der Waals surface area contributed by atoms with Crippen molar-refractivity contribution in [3.8, 4) is 0 Å². The summed E-state index contributed by atoms with van der Waals surface area (Å²) in [7, 11) is -1.74. The van der Waals surface area contributed by atoms with Gasteiger partial charge in [0.15, 0.2) is 0 Å². The topological polar surface area (TPSA) is 261 Å². The van der Waals surface area contributed by atoms with Crippen molar-refractivity contribution in [1.82, 2.24) is 16.0 Å². The van der Waals surface area contributed by atoms with E-state index < -0.39 is 47.4 Å². The summed E-state index contributed by atoms with van der Waals surface area (Å²) in [6.07, 6.45) is 0.512. The number of carbonyl (C=O) groups is 5. The maximum Gasteiger partial charge on any atom is 0.319 e. The van der Waals surface area contributed by atoms with Gasteiger partial charge in [-0.05, 0) is 66.6 Å². The van der Waals surface area contributed by atoms with Crippen LogP contribution >= 0.6 is 0 Å². The highest BCUT2D eigenvalue weighted by Gasteiger charge is 2.19.